The van der Waals surface area contributed by atoms with Gasteiger partial charge in [-0.2, -0.15) is 5.10 Å². The normalized spacial score (nSPS) is 17.0. The first-order chi connectivity index (χ1) is 13.1. The zero-order valence-electron chi connectivity index (χ0n) is 15.0. The smallest absolute Gasteiger partial charge is 0.330 e. The fraction of sp³-hybridized carbons (Fsp3) is 0.316. The van der Waals surface area contributed by atoms with Crippen LogP contribution in [0.2, 0.25) is 0 Å². The lowest BCUT2D eigenvalue weighted by atomic mass is 10.2. The number of aromatic amines is 1. The highest BCUT2D eigenvalue weighted by Gasteiger charge is 2.17. The topological polar surface area (TPSA) is 93.9 Å². The molecular weight excluding hydrogens is 346 g/mol. The minimum atomic E-state index is -0.233. The SMILES string of the molecule is Cc1c[nH]c(=O)n1-c1ccc(C(=O)Nc2cnn(C3CCCCO3)c2)cc1. The predicted molar refractivity (Wildman–Crippen MR) is 100 cm³/mol. The highest BCUT2D eigenvalue weighted by Crippen LogP contribution is 2.23. The van der Waals surface area contributed by atoms with Crippen molar-refractivity contribution < 1.29 is 9.53 Å². The van der Waals surface area contributed by atoms with Gasteiger partial charge in [0.2, 0.25) is 0 Å². The van der Waals surface area contributed by atoms with Crippen LogP contribution < -0.4 is 11.0 Å². The van der Waals surface area contributed by atoms with Crippen molar-refractivity contribution in [3.8, 4) is 5.69 Å². The number of aromatic nitrogens is 4. The number of carbonyl (C=O) groups excluding carboxylic acids is 1. The second-order valence-electron chi connectivity index (χ2n) is 6.60. The van der Waals surface area contributed by atoms with Crippen molar-refractivity contribution in [3.05, 3.63) is 64.6 Å². The Morgan fingerprint density at radius 2 is 2.11 bits per heavy atom. The molecular formula is C19H21N5O3. The van der Waals surface area contributed by atoms with Gasteiger partial charge in [0.1, 0.15) is 6.23 Å². The number of aryl methyl sites for hydroxylation is 1. The second-order valence-corrected chi connectivity index (χ2v) is 6.60. The molecule has 8 heteroatoms. The van der Waals surface area contributed by atoms with Crippen LogP contribution in [0.15, 0.2) is 47.7 Å². The van der Waals surface area contributed by atoms with Crippen molar-refractivity contribution in [2.75, 3.05) is 11.9 Å². The van der Waals surface area contributed by atoms with Gasteiger partial charge in [-0.05, 0) is 50.5 Å². The van der Waals surface area contributed by atoms with E-state index in [0.717, 1.165) is 31.6 Å². The number of nitrogens with zero attached hydrogens (tertiary/aromatic N) is 3. The maximum Gasteiger partial charge on any atom is 0.330 e. The monoisotopic (exact) mass is 367 g/mol. The molecule has 0 saturated carbocycles. The van der Waals surface area contributed by atoms with E-state index < -0.39 is 0 Å². The van der Waals surface area contributed by atoms with E-state index in [1.54, 1.807) is 52.1 Å². The highest BCUT2D eigenvalue weighted by molar-refractivity contribution is 6.04. The van der Waals surface area contributed by atoms with E-state index in [9.17, 15) is 9.59 Å². The fourth-order valence-corrected chi connectivity index (χ4v) is 3.23. The molecule has 3 aromatic rings. The lowest BCUT2D eigenvalue weighted by molar-refractivity contribution is -0.0394. The molecule has 0 aliphatic carbocycles. The van der Waals surface area contributed by atoms with Crippen LogP contribution in [0.4, 0.5) is 5.69 Å². The number of H-pyrrole nitrogens is 1. The van der Waals surface area contributed by atoms with Gasteiger partial charge in [0.15, 0.2) is 0 Å². The molecule has 3 heterocycles. The number of hydrogen-bond acceptors (Lipinski definition) is 4. The fourth-order valence-electron chi connectivity index (χ4n) is 3.23. The maximum absolute atomic E-state index is 12.5. The van der Waals surface area contributed by atoms with Crippen LogP contribution in [0.25, 0.3) is 5.69 Å². The average molecular weight is 367 g/mol. The molecule has 1 unspecified atom stereocenters. The van der Waals surface area contributed by atoms with Crippen LogP contribution in [0, 0.1) is 6.92 Å². The summed E-state index contributed by atoms with van der Waals surface area (Å²) < 4.78 is 8.99. The molecule has 1 amide bonds. The second kappa shape index (κ2) is 7.24. The van der Waals surface area contributed by atoms with Crippen LogP contribution >= 0.6 is 0 Å². The zero-order chi connectivity index (χ0) is 18.8. The lowest BCUT2D eigenvalue weighted by Crippen LogP contribution is -2.18. The minimum absolute atomic E-state index is 0.0633. The number of nitrogens with one attached hydrogen (secondary N) is 2. The summed E-state index contributed by atoms with van der Waals surface area (Å²) >= 11 is 0. The Kier molecular flexibility index (Phi) is 4.64. The first kappa shape index (κ1) is 17.3. The van der Waals surface area contributed by atoms with Crippen molar-refractivity contribution >= 4 is 11.6 Å². The highest BCUT2D eigenvalue weighted by atomic mass is 16.5. The largest absolute Gasteiger partial charge is 0.357 e. The molecule has 1 aliphatic rings. The number of hydrogen-bond donors (Lipinski definition) is 2. The van der Waals surface area contributed by atoms with Crippen molar-refractivity contribution in [2.24, 2.45) is 0 Å². The summed E-state index contributed by atoms with van der Waals surface area (Å²) in [6, 6.07) is 6.88. The van der Waals surface area contributed by atoms with Gasteiger partial charge in [-0.25, -0.2) is 9.48 Å². The first-order valence-corrected chi connectivity index (χ1v) is 8.96. The summed E-state index contributed by atoms with van der Waals surface area (Å²) in [6.07, 6.45) is 8.10. The number of benzene rings is 1. The van der Waals surface area contributed by atoms with Crippen LogP contribution in [-0.4, -0.2) is 31.8 Å². The zero-order valence-corrected chi connectivity index (χ0v) is 15.0. The number of amides is 1. The molecule has 1 atom stereocenters. The third-order valence-corrected chi connectivity index (χ3v) is 4.66. The van der Waals surface area contributed by atoms with Crippen molar-refractivity contribution in [1.29, 1.82) is 0 Å². The minimum Gasteiger partial charge on any atom is -0.357 e. The van der Waals surface area contributed by atoms with E-state index in [2.05, 4.69) is 15.4 Å². The Balaban J connectivity index is 1.46. The average Bonchev–Trinajstić information content (AvgIpc) is 3.29. The van der Waals surface area contributed by atoms with Crippen molar-refractivity contribution in [1.82, 2.24) is 19.3 Å². The Morgan fingerprint density at radius 3 is 2.78 bits per heavy atom. The van der Waals surface area contributed by atoms with Crippen LogP contribution in [0.5, 0.6) is 0 Å². The summed E-state index contributed by atoms with van der Waals surface area (Å²) in [6.45, 7) is 2.58. The molecule has 1 saturated heterocycles. The number of ether oxygens (including phenoxy) is 1. The Bertz CT molecular complexity index is 993. The molecule has 4 rings (SSSR count). The third-order valence-electron chi connectivity index (χ3n) is 4.66. The molecule has 1 fully saturated rings. The van der Waals surface area contributed by atoms with Gasteiger partial charge in [0.25, 0.3) is 5.91 Å². The van der Waals surface area contributed by atoms with E-state index in [-0.39, 0.29) is 17.8 Å². The molecule has 8 nitrogen and oxygen atoms in total. The summed E-state index contributed by atoms with van der Waals surface area (Å²) in [7, 11) is 0. The van der Waals surface area contributed by atoms with Gasteiger partial charge in [-0.3, -0.25) is 9.36 Å². The Morgan fingerprint density at radius 1 is 1.30 bits per heavy atom. The first-order valence-electron chi connectivity index (χ1n) is 8.96. The molecule has 2 aromatic heterocycles. The van der Waals surface area contributed by atoms with E-state index in [0.29, 0.717) is 16.9 Å². The molecule has 0 bridgehead atoms. The summed E-state index contributed by atoms with van der Waals surface area (Å²) in [5.74, 6) is -0.233. The molecule has 27 heavy (non-hydrogen) atoms. The van der Waals surface area contributed by atoms with Gasteiger partial charge in [0, 0.05) is 24.1 Å². The predicted octanol–water partition coefficient (Wildman–Crippen LogP) is 2.62. The van der Waals surface area contributed by atoms with Gasteiger partial charge in [0.05, 0.1) is 23.8 Å². The molecule has 0 spiro atoms. The number of imidazole rings is 1. The molecule has 2 N–H and O–H groups in total. The van der Waals surface area contributed by atoms with E-state index in [1.807, 2.05) is 6.92 Å². The summed E-state index contributed by atoms with van der Waals surface area (Å²) in [5.41, 5.74) is 2.42. The van der Waals surface area contributed by atoms with Gasteiger partial charge >= 0.3 is 5.69 Å². The van der Waals surface area contributed by atoms with Crippen LogP contribution in [0.3, 0.4) is 0 Å². The van der Waals surface area contributed by atoms with Crippen LogP contribution in [-0.2, 0) is 4.74 Å². The van der Waals surface area contributed by atoms with Crippen molar-refractivity contribution in [3.63, 3.8) is 0 Å². The molecule has 140 valence electrons. The number of rotatable bonds is 4. The molecule has 0 radical (unpaired) electrons. The van der Waals surface area contributed by atoms with E-state index >= 15 is 0 Å². The van der Waals surface area contributed by atoms with Crippen LogP contribution in [0.1, 0.15) is 41.5 Å². The Labute approximate surface area is 155 Å². The standard InChI is InChI=1S/C19H21N5O3/c1-13-10-20-19(26)24(13)16-7-5-14(6-8-16)18(25)22-15-11-21-23(12-15)17-4-2-3-9-27-17/h5-8,10-12,17H,2-4,9H2,1H3,(H,20,26)(H,22,25). The molecule has 1 aliphatic heterocycles. The summed E-state index contributed by atoms with van der Waals surface area (Å²) in [5, 5.41) is 7.13. The number of anilines is 1. The lowest BCUT2D eigenvalue weighted by Gasteiger charge is -2.22. The summed E-state index contributed by atoms with van der Waals surface area (Å²) in [4.78, 5) is 27.0. The van der Waals surface area contributed by atoms with Gasteiger partial charge in [-0.15, -0.1) is 0 Å². The van der Waals surface area contributed by atoms with Gasteiger partial charge in [-0.1, -0.05) is 0 Å². The third kappa shape index (κ3) is 3.56. The molecule has 1 aromatic carbocycles. The van der Waals surface area contributed by atoms with E-state index in [1.165, 1.54) is 0 Å². The number of carbonyl (C=O) groups is 1. The quantitative estimate of drug-likeness (QED) is 0.741. The van der Waals surface area contributed by atoms with E-state index in [4.69, 9.17) is 4.74 Å². The maximum atomic E-state index is 12.5. The van der Waals surface area contributed by atoms with Crippen molar-refractivity contribution in [2.45, 2.75) is 32.4 Å². The Hall–Kier alpha value is -3.13. The van der Waals surface area contributed by atoms with Gasteiger partial charge < -0.3 is 15.0 Å².